The van der Waals surface area contributed by atoms with Crippen LogP contribution in [0.5, 0.6) is 0 Å². The lowest BCUT2D eigenvalue weighted by Crippen LogP contribution is -2.22. The Morgan fingerprint density at radius 2 is 1.95 bits per heavy atom. The highest BCUT2D eigenvalue weighted by molar-refractivity contribution is 14.1. The van der Waals surface area contributed by atoms with Gasteiger partial charge in [0.2, 0.25) is 0 Å². The summed E-state index contributed by atoms with van der Waals surface area (Å²) in [5.41, 5.74) is 2.63. The second kappa shape index (κ2) is 6.74. The van der Waals surface area contributed by atoms with Crippen molar-refractivity contribution in [2.24, 2.45) is 0 Å². The van der Waals surface area contributed by atoms with E-state index < -0.39 is 0 Å². The number of benzene rings is 2. The SMILES string of the molecule is O=C(NCc1cnn(-c2ccccc2)c1)c1cccc(I)c1. The lowest BCUT2D eigenvalue weighted by atomic mass is 10.2. The molecule has 1 N–H and O–H groups in total. The maximum absolute atomic E-state index is 12.1. The third-order valence-corrected chi connectivity index (χ3v) is 3.87. The third-order valence-electron chi connectivity index (χ3n) is 3.20. The molecule has 0 saturated carbocycles. The van der Waals surface area contributed by atoms with E-state index in [1.807, 2.05) is 60.8 Å². The van der Waals surface area contributed by atoms with Gasteiger partial charge in [0.05, 0.1) is 11.9 Å². The Hall–Kier alpha value is -2.15. The zero-order valence-electron chi connectivity index (χ0n) is 11.7. The molecule has 1 amide bonds. The van der Waals surface area contributed by atoms with Crippen molar-refractivity contribution >= 4 is 28.5 Å². The molecule has 1 aromatic heterocycles. The van der Waals surface area contributed by atoms with E-state index in [0.29, 0.717) is 12.1 Å². The molecule has 0 unspecified atom stereocenters. The Kier molecular flexibility index (Phi) is 4.53. The molecule has 110 valence electrons. The Labute approximate surface area is 142 Å². The van der Waals surface area contributed by atoms with Gasteiger partial charge in [-0.1, -0.05) is 24.3 Å². The van der Waals surface area contributed by atoms with E-state index in [1.54, 1.807) is 10.9 Å². The van der Waals surface area contributed by atoms with Gasteiger partial charge < -0.3 is 5.32 Å². The van der Waals surface area contributed by atoms with Crippen LogP contribution in [0.2, 0.25) is 0 Å². The number of carbonyl (C=O) groups is 1. The molecule has 5 heteroatoms. The van der Waals surface area contributed by atoms with Crippen LogP contribution in [-0.4, -0.2) is 15.7 Å². The zero-order chi connectivity index (χ0) is 15.4. The van der Waals surface area contributed by atoms with Gasteiger partial charge in [-0.2, -0.15) is 5.10 Å². The first kappa shape index (κ1) is 14.8. The van der Waals surface area contributed by atoms with Crippen molar-refractivity contribution in [2.75, 3.05) is 0 Å². The molecule has 3 rings (SSSR count). The lowest BCUT2D eigenvalue weighted by Gasteiger charge is -2.04. The van der Waals surface area contributed by atoms with Gasteiger partial charge in [-0.15, -0.1) is 0 Å². The Balaban J connectivity index is 1.65. The molecular formula is C17H14IN3O. The van der Waals surface area contributed by atoms with E-state index in [4.69, 9.17) is 0 Å². The summed E-state index contributed by atoms with van der Waals surface area (Å²) in [6.45, 7) is 0.455. The van der Waals surface area contributed by atoms with Gasteiger partial charge in [0, 0.05) is 27.4 Å². The van der Waals surface area contributed by atoms with Crippen molar-refractivity contribution < 1.29 is 4.79 Å². The summed E-state index contributed by atoms with van der Waals surface area (Å²) in [7, 11) is 0. The number of amides is 1. The van der Waals surface area contributed by atoms with Crippen LogP contribution >= 0.6 is 22.6 Å². The summed E-state index contributed by atoms with van der Waals surface area (Å²) in [6.07, 6.45) is 3.69. The fourth-order valence-electron chi connectivity index (χ4n) is 2.09. The fraction of sp³-hybridized carbons (Fsp3) is 0.0588. The second-order valence-corrected chi connectivity index (χ2v) is 6.07. The summed E-state index contributed by atoms with van der Waals surface area (Å²) >= 11 is 2.20. The molecule has 0 bridgehead atoms. The van der Waals surface area contributed by atoms with Crippen molar-refractivity contribution in [1.82, 2.24) is 15.1 Å². The Morgan fingerprint density at radius 1 is 1.14 bits per heavy atom. The summed E-state index contributed by atoms with van der Waals surface area (Å²) < 4.78 is 2.84. The number of nitrogens with zero attached hydrogens (tertiary/aromatic N) is 2. The molecule has 0 fully saturated rings. The number of carbonyl (C=O) groups excluding carboxylic acids is 1. The quantitative estimate of drug-likeness (QED) is 0.679. The Morgan fingerprint density at radius 3 is 2.73 bits per heavy atom. The minimum Gasteiger partial charge on any atom is -0.348 e. The second-order valence-electron chi connectivity index (χ2n) is 4.82. The van der Waals surface area contributed by atoms with Crippen molar-refractivity contribution in [3.63, 3.8) is 0 Å². The number of aromatic nitrogens is 2. The van der Waals surface area contributed by atoms with Crippen molar-refractivity contribution in [3.8, 4) is 5.69 Å². The third kappa shape index (κ3) is 3.54. The summed E-state index contributed by atoms with van der Waals surface area (Å²) in [5.74, 6) is -0.0778. The van der Waals surface area contributed by atoms with E-state index in [0.717, 1.165) is 14.8 Å². The minimum atomic E-state index is -0.0778. The van der Waals surface area contributed by atoms with E-state index in [-0.39, 0.29) is 5.91 Å². The molecule has 0 spiro atoms. The first-order chi connectivity index (χ1) is 10.7. The molecule has 0 atom stereocenters. The predicted octanol–water partition coefficient (Wildman–Crippen LogP) is 3.41. The van der Waals surface area contributed by atoms with E-state index in [1.165, 1.54) is 0 Å². The first-order valence-corrected chi connectivity index (χ1v) is 7.93. The summed E-state index contributed by atoms with van der Waals surface area (Å²) in [4.78, 5) is 12.1. The highest BCUT2D eigenvalue weighted by atomic mass is 127. The van der Waals surface area contributed by atoms with Gasteiger partial charge in [-0.25, -0.2) is 4.68 Å². The first-order valence-electron chi connectivity index (χ1n) is 6.85. The maximum atomic E-state index is 12.1. The van der Waals surface area contributed by atoms with Gasteiger partial charge in [-0.05, 0) is 52.9 Å². The summed E-state index contributed by atoms with van der Waals surface area (Å²) in [5, 5.41) is 7.23. The van der Waals surface area contributed by atoms with Crippen LogP contribution in [0.3, 0.4) is 0 Å². The molecule has 0 saturated heterocycles. The van der Waals surface area contributed by atoms with Crippen molar-refractivity contribution in [1.29, 1.82) is 0 Å². The van der Waals surface area contributed by atoms with Gasteiger partial charge in [0.25, 0.3) is 5.91 Å². The van der Waals surface area contributed by atoms with Crippen LogP contribution in [-0.2, 0) is 6.54 Å². The average molecular weight is 403 g/mol. The predicted molar refractivity (Wildman–Crippen MR) is 93.9 cm³/mol. The van der Waals surface area contributed by atoms with Gasteiger partial charge in [-0.3, -0.25) is 4.79 Å². The van der Waals surface area contributed by atoms with Gasteiger partial charge in [0.1, 0.15) is 0 Å². The Bertz CT molecular complexity index is 783. The molecule has 4 nitrogen and oxygen atoms in total. The largest absolute Gasteiger partial charge is 0.348 e. The molecule has 0 aliphatic heterocycles. The monoisotopic (exact) mass is 403 g/mol. The van der Waals surface area contributed by atoms with Gasteiger partial charge >= 0.3 is 0 Å². The van der Waals surface area contributed by atoms with E-state index >= 15 is 0 Å². The maximum Gasteiger partial charge on any atom is 0.251 e. The standard InChI is InChI=1S/C17H14IN3O/c18-15-6-4-5-14(9-15)17(22)19-10-13-11-20-21(12-13)16-7-2-1-3-8-16/h1-9,11-12H,10H2,(H,19,22). The fourth-order valence-corrected chi connectivity index (χ4v) is 2.63. The molecule has 1 heterocycles. The highest BCUT2D eigenvalue weighted by Crippen LogP contribution is 2.09. The smallest absolute Gasteiger partial charge is 0.251 e. The molecule has 2 aromatic carbocycles. The number of hydrogen-bond acceptors (Lipinski definition) is 2. The lowest BCUT2D eigenvalue weighted by molar-refractivity contribution is 0.0951. The van der Waals surface area contributed by atoms with Crippen LogP contribution in [0.4, 0.5) is 0 Å². The van der Waals surface area contributed by atoms with Gasteiger partial charge in [0.15, 0.2) is 0 Å². The van der Waals surface area contributed by atoms with Crippen LogP contribution in [0.1, 0.15) is 15.9 Å². The van der Waals surface area contributed by atoms with E-state index in [2.05, 4.69) is 33.0 Å². The molecule has 0 aliphatic carbocycles. The number of nitrogens with one attached hydrogen (secondary N) is 1. The van der Waals surface area contributed by atoms with E-state index in [9.17, 15) is 4.79 Å². The van der Waals surface area contributed by atoms with Crippen LogP contribution in [0.15, 0.2) is 67.0 Å². The van der Waals surface area contributed by atoms with Crippen LogP contribution in [0, 0.1) is 3.57 Å². The average Bonchev–Trinajstić information content (AvgIpc) is 3.02. The molecule has 0 radical (unpaired) electrons. The normalized spacial score (nSPS) is 10.4. The van der Waals surface area contributed by atoms with Crippen LogP contribution < -0.4 is 5.32 Å². The van der Waals surface area contributed by atoms with Crippen LogP contribution in [0.25, 0.3) is 5.69 Å². The summed E-state index contributed by atoms with van der Waals surface area (Å²) in [6, 6.07) is 17.4. The number of halogens is 1. The van der Waals surface area contributed by atoms with Crippen molar-refractivity contribution in [3.05, 3.63) is 81.7 Å². The highest BCUT2D eigenvalue weighted by Gasteiger charge is 2.06. The topological polar surface area (TPSA) is 46.9 Å². The van der Waals surface area contributed by atoms with Crippen molar-refractivity contribution in [2.45, 2.75) is 6.54 Å². The zero-order valence-corrected chi connectivity index (χ0v) is 13.9. The minimum absolute atomic E-state index is 0.0778. The number of para-hydroxylation sites is 1. The number of rotatable bonds is 4. The molecule has 22 heavy (non-hydrogen) atoms. The molecule has 0 aliphatic rings. The molecular weight excluding hydrogens is 389 g/mol. The molecule has 3 aromatic rings. The number of hydrogen-bond donors (Lipinski definition) is 1.